The fourth-order valence-corrected chi connectivity index (χ4v) is 5.32. The van der Waals surface area contributed by atoms with Crippen molar-refractivity contribution in [2.75, 3.05) is 51.4 Å². The number of nitrogen functional groups attached to an aromatic ring is 1. The molecule has 216 valence electrons. The van der Waals surface area contributed by atoms with E-state index in [-0.39, 0.29) is 24.2 Å². The number of aromatic nitrogens is 4. The predicted octanol–water partition coefficient (Wildman–Crippen LogP) is 3.00. The van der Waals surface area contributed by atoms with Crippen LogP contribution in [-0.4, -0.2) is 93.7 Å². The van der Waals surface area contributed by atoms with E-state index >= 15 is 0 Å². The molecule has 3 aromatic rings. The van der Waals surface area contributed by atoms with Gasteiger partial charge in [-0.25, -0.2) is 19.7 Å². The van der Waals surface area contributed by atoms with E-state index in [9.17, 15) is 4.79 Å². The maximum Gasteiger partial charge on any atom is 0.321 e. The largest absolute Gasteiger partial charge is 0.382 e. The number of hydrogen-bond acceptors (Lipinski definition) is 9. The van der Waals surface area contributed by atoms with E-state index in [0.29, 0.717) is 36.6 Å². The first-order chi connectivity index (χ1) is 18.8. The lowest BCUT2D eigenvalue weighted by Crippen LogP contribution is -2.47. The maximum atomic E-state index is 12.8. The number of benzene rings is 1. The van der Waals surface area contributed by atoms with E-state index < -0.39 is 17.6 Å². The van der Waals surface area contributed by atoms with Crippen LogP contribution >= 0.6 is 0 Å². The number of amides is 2. The molecular formula is C28H40N8O4. The normalized spacial score (nSPS) is 24.0. The Morgan fingerprint density at radius 2 is 1.88 bits per heavy atom. The average molecular weight is 553 g/mol. The van der Waals surface area contributed by atoms with Crippen LogP contribution in [0.1, 0.15) is 40.2 Å². The van der Waals surface area contributed by atoms with Crippen molar-refractivity contribution in [2.24, 2.45) is 0 Å². The molecule has 2 fully saturated rings. The number of carbonyl (C=O) groups excluding carboxylic acids is 1. The minimum absolute atomic E-state index is 0.0624. The number of ether oxygens (including phenoxy) is 3. The van der Waals surface area contributed by atoms with Crippen LogP contribution in [0.5, 0.6) is 0 Å². The van der Waals surface area contributed by atoms with Crippen molar-refractivity contribution in [1.29, 1.82) is 0 Å². The molecule has 0 aliphatic carbocycles. The summed E-state index contributed by atoms with van der Waals surface area (Å²) in [5, 5.41) is 2.97. The number of nitrogens with zero attached hydrogens (tertiary/aromatic N) is 6. The summed E-state index contributed by atoms with van der Waals surface area (Å²) in [4.78, 5) is 29.5. The molecule has 2 aliphatic rings. The van der Waals surface area contributed by atoms with E-state index in [2.05, 4.69) is 58.1 Å². The van der Waals surface area contributed by atoms with Gasteiger partial charge in [-0.2, -0.15) is 0 Å². The molecule has 0 radical (unpaired) electrons. The Bertz CT molecular complexity index is 1370. The molecule has 0 saturated carbocycles. The van der Waals surface area contributed by atoms with Crippen LogP contribution in [0.25, 0.3) is 11.2 Å². The monoisotopic (exact) mass is 552 g/mol. The van der Waals surface area contributed by atoms with Gasteiger partial charge in [0.15, 0.2) is 17.3 Å². The lowest BCUT2D eigenvalue weighted by Gasteiger charge is -2.29. The number of imidazole rings is 1. The number of fused-ring (bicyclic) bond motifs is 2. The van der Waals surface area contributed by atoms with Crippen molar-refractivity contribution in [1.82, 2.24) is 29.3 Å². The molecule has 2 amide bonds. The zero-order valence-corrected chi connectivity index (χ0v) is 24.3. The number of carbonyl (C=O) groups is 1. The molecule has 2 saturated heterocycles. The topological polar surface area (TPSA) is 133 Å². The SMILES string of the molecule is CN(CCN(C)C(=O)Nc1ccc(C(C)(C)C)cc1)C[C@H]1OC[C@@]2(n3cnc4c(N)ncnc43)OC(C)(C)O[C@H]12. The highest BCUT2D eigenvalue weighted by atomic mass is 16.8. The van der Waals surface area contributed by atoms with Gasteiger partial charge in [0.1, 0.15) is 24.1 Å². The number of likely N-dealkylation sites (N-methyl/N-ethyl adjacent to an activating group) is 2. The summed E-state index contributed by atoms with van der Waals surface area (Å²) in [5.74, 6) is -0.524. The summed E-state index contributed by atoms with van der Waals surface area (Å²) in [7, 11) is 3.79. The van der Waals surface area contributed by atoms with Gasteiger partial charge in [0.25, 0.3) is 0 Å². The molecule has 3 atom stereocenters. The zero-order chi connectivity index (χ0) is 28.9. The van der Waals surface area contributed by atoms with Crippen LogP contribution in [0.15, 0.2) is 36.9 Å². The van der Waals surface area contributed by atoms with Crippen LogP contribution in [0.3, 0.4) is 0 Å². The van der Waals surface area contributed by atoms with E-state index in [1.165, 1.54) is 11.9 Å². The van der Waals surface area contributed by atoms with Gasteiger partial charge in [0.05, 0.1) is 12.9 Å². The van der Waals surface area contributed by atoms with Crippen LogP contribution in [0, 0.1) is 0 Å². The molecular weight excluding hydrogens is 512 g/mol. The predicted molar refractivity (Wildman–Crippen MR) is 152 cm³/mol. The molecule has 3 N–H and O–H groups in total. The molecule has 0 bridgehead atoms. The van der Waals surface area contributed by atoms with Gasteiger partial charge in [-0.15, -0.1) is 0 Å². The molecule has 12 nitrogen and oxygen atoms in total. The van der Waals surface area contributed by atoms with Crippen molar-refractivity contribution in [3.8, 4) is 0 Å². The van der Waals surface area contributed by atoms with E-state index in [1.54, 1.807) is 18.3 Å². The molecule has 12 heteroatoms. The van der Waals surface area contributed by atoms with Crippen LogP contribution in [-0.2, 0) is 25.4 Å². The molecule has 5 rings (SSSR count). The highest BCUT2D eigenvalue weighted by Gasteiger charge is 2.63. The van der Waals surface area contributed by atoms with Crippen molar-refractivity contribution in [2.45, 2.75) is 63.8 Å². The smallest absolute Gasteiger partial charge is 0.321 e. The molecule has 1 aromatic carbocycles. The van der Waals surface area contributed by atoms with Crippen LogP contribution < -0.4 is 11.1 Å². The van der Waals surface area contributed by atoms with E-state index in [1.807, 2.05) is 37.6 Å². The van der Waals surface area contributed by atoms with E-state index in [4.69, 9.17) is 19.9 Å². The molecule has 4 heterocycles. The summed E-state index contributed by atoms with van der Waals surface area (Å²) in [5.41, 5.74) is 8.21. The van der Waals surface area contributed by atoms with Crippen molar-refractivity contribution in [3.05, 3.63) is 42.5 Å². The molecule has 0 spiro atoms. The zero-order valence-electron chi connectivity index (χ0n) is 24.3. The van der Waals surface area contributed by atoms with Crippen LogP contribution in [0.4, 0.5) is 16.3 Å². The lowest BCUT2D eigenvalue weighted by molar-refractivity contribution is -0.205. The maximum absolute atomic E-state index is 12.8. The summed E-state index contributed by atoms with van der Waals surface area (Å²) < 4.78 is 21.0. The Morgan fingerprint density at radius 1 is 1.15 bits per heavy atom. The minimum Gasteiger partial charge on any atom is -0.382 e. The van der Waals surface area contributed by atoms with Gasteiger partial charge < -0.3 is 35.1 Å². The number of nitrogens with two attached hydrogens (primary N) is 1. The molecule has 40 heavy (non-hydrogen) atoms. The highest BCUT2D eigenvalue weighted by Crippen LogP contribution is 2.47. The van der Waals surface area contributed by atoms with Crippen molar-refractivity contribution in [3.63, 3.8) is 0 Å². The Hall–Kier alpha value is -3.32. The summed E-state index contributed by atoms with van der Waals surface area (Å²) in [6, 6.07) is 7.83. The van der Waals surface area contributed by atoms with Crippen molar-refractivity contribution < 1.29 is 19.0 Å². The second kappa shape index (κ2) is 10.3. The average Bonchev–Trinajstić information content (AvgIpc) is 3.53. The van der Waals surface area contributed by atoms with Gasteiger partial charge in [-0.3, -0.25) is 4.57 Å². The van der Waals surface area contributed by atoms with Gasteiger partial charge >= 0.3 is 6.03 Å². The first-order valence-corrected chi connectivity index (χ1v) is 13.5. The van der Waals surface area contributed by atoms with Crippen molar-refractivity contribution >= 4 is 28.7 Å². The van der Waals surface area contributed by atoms with Gasteiger partial charge in [-0.1, -0.05) is 32.9 Å². The summed E-state index contributed by atoms with van der Waals surface area (Å²) in [6.07, 6.45) is 2.39. The highest BCUT2D eigenvalue weighted by molar-refractivity contribution is 5.89. The fraction of sp³-hybridized carbons (Fsp3) is 0.571. The first kappa shape index (κ1) is 28.2. The second-order valence-corrected chi connectivity index (χ2v) is 12.2. The summed E-state index contributed by atoms with van der Waals surface area (Å²) >= 11 is 0. The quantitative estimate of drug-likeness (QED) is 0.454. The second-order valence-electron chi connectivity index (χ2n) is 12.2. The molecule has 2 aromatic heterocycles. The fourth-order valence-electron chi connectivity index (χ4n) is 5.32. The number of hydrogen-bond donors (Lipinski definition) is 2. The number of anilines is 2. The number of nitrogens with one attached hydrogen (secondary N) is 1. The van der Waals surface area contributed by atoms with Gasteiger partial charge in [0, 0.05) is 32.4 Å². The third-order valence-electron chi connectivity index (χ3n) is 7.55. The van der Waals surface area contributed by atoms with Gasteiger partial charge in [0.2, 0.25) is 5.72 Å². The van der Waals surface area contributed by atoms with Crippen LogP contribution in [0.2, 0.25) is 0 Å². The third kappa shape index (κ3) is 5.36. The number of rotatable bonds is 7. The van der Waals surface area contributed by atoms with E-state index in [0.717, 1.165) is 5.69 Å². The Balaban J connectivity index is 1.20. The standard InChI is InChI=1S/C28H40N8O4/c1-26(2,3)18-8-10-19(11-9-18)33-25(37)35(7)13-12-34(6)14-20-22-28(15-38-20,40-27(4,5)39-22)36-17-32-21-23(29)30-16-31-24(21)36/h8-11,16-17,20,22H,12-15H2,1-7H3,(H,33,37)(H2,29,30,31)/t20-,22-,28-/m1/s1. The minimum atomic E-state index is -0.941. The van der Waals surface area contributed by atoms with Gasteiger partial charge in [-0.05, 0) is 44.0 Å². The Morgan fingerprint density at radius 3 is 2.58 bits per heavy atom. The first-order valence-electron chi connectivity index (χ1n) is 13.5. The molecule has 2 aliphatic heterocycles. The number of urea groups is 1. The molecule has 0 unspecified atom stereocenters. The third-order valence-corrected chi connectivity index (χ3v) is 7.55. The lowest BCUT2D eigenvalue weighted by atomic mass is 9.87. The Labute approximate surface area is 234 Å². The Kier molecular flexibility index (Phi) is 7.24. The summed E-state index contributed by atoms with van der Waals surface area (Å²) in [6.45, 7) is 12.3.